The van der Waals surface area contributed by atoms with Crippen molar-refractivity contribution >= 4 is 11.9 Å². The van der Waals surface area contributed by atoms with E-state index in [9.17, 15) is 9.59 Å². The Balaban J connectivity index is 1.63. The molecule has 128 valence electrons. The Bertz CT molecular complexity index is 725. The third kappa shape index (κ3) is 2.82. The SMILES string of the molecule is O=C(O[C@H]1C(=O)OCC12CCC2)C(c1ccccc1)c1ccccc1. The highest BCUT2D eigenvalue weighted by molar-refractivity contribution is 5.87. The maximum Gasteiger partial charge on any atom is 0.348 e. The first-order valence-corrected chi connectivity index (χ1v) is 8.67. The molecule has 0 bridgehead atoms. The Hall–Kier alpha value is -2.62. The van der Waals surface area contributed by atoms with Crippen LogP contribution in [0.2, 0.25) is 0 Å². The van der Waals surface area contributed by atoms with Gasteiger partial charge in [0.1, 0.15) is 12.5 Å². The highest BCUT2D eigenvalue weighted by atomic mass is 16.6. The molecule has 0 N–H and O–H groups in total. The van der Waals surface area contributed by atoms with E-state index >= 15 is 0 Å². The average Bonchev–Trinajstić information content (AvgIpc) is 2.94. The second-order valence-corrected chi connectivity index (χ2v) is 6.89. The fourth-order valence-corrected chi connectivity index (χ4v) is 3.77. The molecule has 1 spiro atoms. The monoisotopic (exact) mass is 336 g/mol. The van der Waals surface area contributed by atoms with Gasteiger partial charge in [0.05, 0.1) is 5.41 Å². The lowest BCUT2D eigenvalue weighted by Crippen LogP contribution is -2.45. The number of carbonyl (C=O) groups is 2. The molecule has 2 aliphatic rings. The van der Waals surface area contributed by atoms with Crippen LogP contribution in [0.15, 0.2) is 60.7 Å². The van der Waals surface area contributed by atoms with Crippen LogP contribution in [0.5, 0.6) is 0 Å². The number of rotatable bonds is 4. The van der Waals surface area contributed by atoms with Crippen molar-refractivity contribution in [1.29, 1.82) is 0 Å². The molecule has 2 aromatic carbocycles. The van der Waals surface area contributed by atoms with E-state index in [0.717, 1.165) is 30.4 Å². The third-order valence-corrected chi connectivity index (χ3v) is 5.36. The molecule has 1 aliphatic carbocycles. The lowest BCUT2D eigenvalue weighted by molar-refractivity contribution is -0.166. The molecule has 0 radical (unpaired) electrons. The van der Waals surface area contributed by atoms with Crippen LogP contribution in [-0.4, -0.2) is 24.6 Å². The minimum absolute atomic E-state index is 0.301. The van der Waals surface area contributed by atoms with E-state index in [1.165, 1.54) is 0 Å². The standard InChI is InChI=1S/C21H20O4/c22-19(25-18-20(23)24-14-21(18)12-7-13-21)17(15-8-3-1-4-9-15)16-10-5-2-6-11-16/h1-6,8-11,17-18H,7,12-14H2/t18-/m0/s1. The smallest absolute Gasteiger partial charge is 0.348 e. The maximum atomic E-state index is 13.0. The summed E-state index contributed by atoms with van der Waals surface area (Å²) in [5.41, 5.74) is 1.41. The molecule has 0 aromatic heterocycles. The summed E-state index contributed by atoms with van der Waals surface area (Å²) >= 11 is 0. The van der Waals surface area contributed by atoms with Gasteiger partial charge >= 0.3 is 11.9 Å². The van der Waals surface area contributed by atoms with Gasteiger partial charge in [-0.2, -0.15) is 0 Å². The number of hydrogen-bond acceptors (Lipinski definition) is 4. The van der Waals surface area contributed by atoms with Crippen molar-refractivity contribution in [2.24, 2.45) is 5.41 Å². The number of hydrogen-bond donors (Lipinski definition) is 0. The van der Waals surface area contributed by atoms with Crippen molar-refractivity contribution in [3.63, 3.8) is 0 Å². The lowest BCUT2D eigenvalue weighted by Gasteiger charge is -2.39. The molecule has 4 rings (SSSR count). The quantitative estimate of drug-likeness (QED) is 0.803. The number of carbonyl (C=O) groups excluding carboxylic acids is 2. The van der Waals surface area contributed by atoms with E-state index in [1.54, 1.807) is 0 Å². The zero-order chi connectivity index (χ0) is 17.3. The van der Waals surface area contributed by atoms with Crippen molar-refractivity contribution in [3.05, 3.63) is 71.8 Å². The van der Waals surface area contributed by atoms with E-state index < -0.39 is 24.0 Å². The molecule has 0 unspecified atom stereocenters. The van der Waals surface area contributed by atoms with Crippen LogP contribution >= 0.6 is 0 Å². The Morgan fingerprint density at radius 3 is 2.04 bits per heavy atom. The van der Waals surface area contributed by atoms with Gasteiger partial charge < -0.3 is 9.47 Å². The summed E-state index contributed by atoms with van der Waals surface area (Å²) in [6, 6.07) is 19.0. The molecular formula is C21H20O4. The molecule has 1 saturated heterocycles. The van der Waals surface area contributed by atoms with Crippen molar-refractivity contribution in [2.45, 2.75) is 31.3 Å². The van der Waals surface area contributed by atoms with Crippen molar-refractivity contribution < 1.29 is 19.1 Å². The normalized spacial score (nSPS) is 21.0. The van der Waals surface area contributed by atoms with E-state index in [0.29, 0.717) is 6.61 Å². The molecular weight excluding hydrogens is 316 g/mol. The van der Waals surface area contributed by atoms with Crippen molar-refractivity contribution in [1.82, 2.24) is 0 Å². The first-order chi connectivity index (χ1) is 12.2. The van der Waals surface area contributed by atoms with Crippen LogP contribution in [0.1, 0.15) is 36.3 Å². The van der Waals surface area contributed by atoms with Crippen LogP contribution in [-0.2, 0) is 19.1 Å². The summed E-state index contributed by atoms with van der Waals surface area (Å²) < 4.78 is 10.9. The van der Waals surface area contributed by atoms with Gasteiger partial charge in [-0.15, -0.1) is 0 Å². The van der Waals surface area contributed by atoms with Crippen molar-refractivity contribution in [2.75, 3.05) is 6.61 Å². The molecule has 1 saturated carbocycles. The Morgan fingerprint density at radius 1 is 1.00 bits per heavy atom. The van der Waals surface area contributed by atoms with Crippen LogP contribution in [0.3, 0.4) is 0 Å². The Kier molecular flexibility index (Phi) is 4.04. The van der Waals surface area contributed by atoms with Gasteiger partial charge in [-0.3, -0.25) is 4.79 Å². The second-order valence-electron chi connectivity index (χ2n) is 6.89. The van der Waals surface area contributed by atoms with Gasteiger partial charge in [-0.25, -0.2) is 4.79 Å². The van der Waals surface area contributed by atoms with Gasteiger partial charge in [0.15, 0.2) is 0 Å². The van der Waals surface area contributed by atoms with Gasteiger partial charge in [-0.05, 0) is 24.0 Å². The number of esters is 2. The zero-order valence-electron chi connectivity index (χ0n) is 13.9. The highest BCUT2D eigenvalue weighted by Crippen LogP contribution is 2.49. The summed E-state index contributed by atoms with van der Waals surface area (Å²) in [4.78, 5) is 25.2. The molecule has 1 heterocycles. The van der Waals surface area contributed by atoms with Crippen molar-refractivity contribution in [3.8, 4) is 0 Å². The van der Waals surface area contributed by atoms with E-state index in [2.05, 4.69) is 0 Å². The topological polar surface area (TPSA) is 52.6 Å². The van der Waals surface area contributed by atoms with Crippen LogP contribution in [0, 0.1) is 5.41 Å². The predicted octanol–water partition coefficient (Wildman–Crippen LogP) is 3.46. The molecule has 0 amide bonds. The van der Waals surface area contributed by atoms with E-state index in [-0.39, 0.29) is 5.41 Å². The zero-order valence-corrected chi connectivity index (χ0v) is 13.9. The number of benzene rings is 2. The van der Waals surface area contributed by atoms with Gasteiger partial charge in [-0.1, -0.05) is 67.1 Å². The van der Waals surface area contributed by atoms with Crippen LogP contribution < -0.4 is 0 Å². The summed E-state index contributed by atoms with van der Waals surface area (Å²) in [6.07, 6.45) is 2.02. The maximum absolute atomic E-state index is 13.0. The Labute approximate surface area is 146 Å². The average molecular weight is 336 g/mol. The summed E-state index contributed by atoms with van der Waals surface area (Å²) in [5, 5.41) is 0. The molecule has 1 atom stereocenters. The van der Waals surface area contributed by atoms with Crippen LogP contribution in [0.4, 0.5) is 0 Å². The van der Waals surface area contributed by atoms with Gasteiger partial charge in [0, 0.05) is 0 Å². The van der Waals surface area contributed by atoms with Gasteiger partial charge in [0.25, 0.3) is 0 Å². The largest absolute Gasteiger partial charge is 0.462 e. The van der Waals surface area contributed by atoms with Gasteiger partial charge in [0.2, 0.25) is 6.10 Å². The summed E-state index contributed by atoms with van der Waals surface area (Å²) in [5.74, 6) is -1.35. The number of ether oxygens (including phenoxy) is 2. The number of cyclic esters (lactones) is 1. The summed E-state index contributed by atoms with van der Waals surface area (Å²) in [7, 11) is 0. The van der Waals surface area contributed by atoms with E-state index in [1.807, 2.05) is 60.7 Å². The fraction of sp³-hybridized carbons (Fsp3) is 0.333. The first kappa shape index (κ1) is 15.9. The first-order valence-electron chi connectivity index (χ1n) is 8.67. The Morgan fingerprint density at radius 2 is 1.56 bits per heavy atom. The minimum Gasteiger partial charge on any atom is -0.462 e. The molecule has 4 heteroatoms. The third-order valence-electron chi connectivity index (χ3n) is 5.36. The highest BCUT2D eigenvalue weighted by Gasteiger charge is 2.56. The fourth-order valence-electron chi connectivity index (χ4n) is 3.77. The molecule has 1 aliphatic heterocycles. The molecule has 2 aromatic rings. The molecule has 4 nitrogen and oxygen atoms in total. The molecule has 25 heavy (non-hydrogen) atoms. The predicted molar refractivity (Wildman–Crippen MR) is 91.9 cm³/mol. The lowest BCUT2D eigenvalue weighted by atomic mass is 9.67. The molecule has 2 fully saturated rings. The minimum atomic E-state index is -0.774. The second kappa shape index (κ2) is 6.36. The summed E-state index contributed by atoms with van der Waals surface area (Å²) in [6.45, 7) is 0.366. The van der Waals surface area contributed by atoms with E-state index in [4.69, 9.17) is 9.47 Å². The van der Waals surface area contributed by atoms with Crippen LogP contribution in [0.25, 0.3) is 0 Å².